The molecule has 1 aromatic carbocycles. The van der Waals surface area contributed by atoms with Gasteiger partial charge in [0.25, 0.3) is 0 Å². The molecular formula is C12H8BrFN2S. The predicted octanol–water partition coefficient (Wildman–Crippen LogP) is 4.08. The van der Waals surface area contributed by atoms with Crippen LogP contribution in [0.5, 0.6) is 0 Å². The Bertz CT molecular complexity index is 628. The van der Waals surface area contributed by atoms with E-state index in [0.717, 1.165) is 16.0 Å². The number of nitrogens with two attached hydrogens (primary N) is 1. The Morgan fingerprint density at radius 3 is 2.71 bits per heavy atom. The highest BCUT2D eigenvalue weighted by atomic mass is 79.9. The van der Waals surface area contributed by atoms with Crippen LogP contribution in [-0.4, -0.2) is 0 Å². The number of nitriles is 1. The van der Waals surface area contributed by atoms with Crippen LogP contribution in [-0.2, 0) is 0 Å². The van der Waals surface area contributed by atoms with Crippen LogP contribution in [0.25, 0.3) is 10.4 Å². The number of thiophene rings is 1. The molecule has 0 amide bonds. The van der Waals surface area contributed by atoms with E-state index in [9.17, 15) is 4.39 Å². The number of nitrogen functional groups attached to an aromatic ring is 1. The first-order chi connectivity index (χ1) is 8.04. The van der Waals surface area contributed by atoms with Gasteiger partial charge >= 0.3 is 0 Å². The van der Waals surface area contributed by atoms with E-state index in [2.05, 4.69) is 15.9 Å². The van der Waals surface area contributed by atoms with Crippen molar-refractivity contribution in [2.75, 3.05) is 5.73 Å². The van der Waals surface area contributed by atoms with E-state index in [1.54, 1.807) is 12.1 Å². The summed E-state index contributed by atoms with van der Waals surface area (Å²) >= 11 is 4.39. The summed E-state index contributed by atoms with van der Waals surface area (Å²) in [7, 11) is 0. The lowest BCUT2D eigenvalue weighted by atomic mass is 10.1. The molecular weight excluding hydrogens is 303 g/mol. The Balaban J connectivity index is 2.61. The zero-order valence-corrected chi connectivity index (χ0v) is 11.3. The summed E-state index contributed by atoms with van der Waals surface area (Å²) in [6.45, 7) is 1.84. The molecule has 0 aliphatic rings. The summed E-state index contributed by atoms with van der Waals surface area (Å²) in [6, 6.07) is 6.92. The third-order valence-corrected chi connectivity index (χ3v) is 4.38. The molecule has 1 heterocycles. The number of hydrogen-bond donors (Lipinski definition) is 1. The molecule has 2 N–H and O–H groups in total. The van der Waals surface area contributed by atoms with Crippen molar-refractivity contribution >= 4 is 33.0 Å². The maximum absolute atomic E-state index is 13.4. The van der Waals surface area contributed by atoms with Crippen LogP contribution >= 0.6 is 27.3 Å². The molecule has 0 bridgehead atoms. The normalized spacial score (nSPS) is 10.2. The van der Waals surface area contributed by atoms with Crippen molar-refractivity contribution in [2.45, 2.75) is 6.92 Å². The zero-order valence-electron chi connectivity index (χ0n) is 8.92. The smallest absolute Gasteiger partial charge is 0.138 e. The van der Waals surface area contributed by atoms with Crippen LogP contribution < -0.4 is 5.73 Å². The molecule has 17 heavy (non-hydrogen) atoms. The summed E-state index contributed by atoms with van der Waals surface area (Å²) in [5.41, 5.74) is 7.85. The van der Waals surface area contributed by atoms with Gasteiger partial charge in [0.2, 0.25) is 0 Å². The van der Waals surface area contributed by atoms with Gasteiger partial charge in [-0.2, -0.15) is 5.26 Å². The lowest BCUT2D eigenvalue weighted by molar-refractivity contribution is 0.621. The van der Waals surface area contributed by atoms with Gasteiger partial charge in [-0.05, 0) is 46.1 Å². The van der Waals surface area contributed by atoms with E-state index in [1.807, 2.05) is 13.0 Å². The molecule has 0 fully saturated rings. The van der Waals surface area contributed by atoms with Crippen LogP contribution in [0.3, 0.4) is 0 Å². The van der Waals surface area contributed by atoms with E-state index >= 15 is 0 Å². The van der Waals surface area contributed by atoms with Crippen molar-refractivity contribution in [3.63, 3.8) is 0 Å². The molecule has 0 saturated heterocycles. The second kappa shape index (κ2) is 4.47. The van der Waals surface area contributed by atoms with Crippen molar-refractivity contribution in [1.29, 1.82) is 5.26 Å². The summed E-state index contributed by atoms with van der Waals surface area (Å²) in [5.74, 6) is -0.327. The third-order valence-electron chi connectivity index (χ3n) is 2.48. The second-order valence-electron chi connectivity index (χ2n) is 3.54. The molecule has 0 aliphatic carbocycles. The van der Waals surface area contributed by atoms with Gasteiger partial charge < -0.3 is 5.73 Å². The largest absolute Gasteiger partial charge is 0.397 e. The standard InChI is InChI=1S/C12H8BrFN2S/c1-6-11(16)10(5-15)17-12(6)7-2-3-8(13)9(14)4-7/h2-4H,16H2,1H3. The third kappa shape index (κ3) is 2.06. The first-order valence-corrected chi connectivity index (χ1v) is 6.40. The minimum atomic E-state index is -0.327. The quantitative estimate of drug-likeness (QED) is 0.862. The fourth-order valence-electron chi connectivity index (χ4n) is 1.52. The Morgan fingerprint density at radius 2 is 2.18 bits per heavy atom. The van der Waals surface area contributed by atoms with Crippen molar-refractivity contribution in [3.05, 3.63) is 38.9 Å². The van der Waals surface area contributed by atoms with Gasteiger partial charge in [-0.3, -0.25) is 0 Å². The fraction of sp³-hybridized carbons (Fsp3) is 0.0833. The minimum Gasteiger partial charge on any atom is -0.397 e. The van der Waals surface area contributed by atoms with Crippen LogP contribution in [0, 0.1) is 24.1 Å². The predicted molar refractivity (Wildman–Crippen MR) is 71.3 cm³/mol. The summed E-state index contributed by atoms with van der Waals surface area (Å²) in [5, 5.41) is 8.90. The molecule has 86 valence electrons. The van der Waals surface area contributed by atoms with E-state index < -0.39 is 0 Å². The minimum absolute atomic E-state index is 0.327. The number of anilines is 1. The van der Waals surface area contributed by atoms with Crippen molar-refractivity contribution in [2.24, 2.45) is 0 Å². The lowest BCUT2D eigenvalue weighted by Gasteiger charge is -2.01. The number of benzene rings is 1. The van der Waals surface area contributed by atoms with Crippen LogP contribution in [0.4, 0.5) is 10.1 Å². The van der Waals surface area contributed by atoms with E-state index in [0.29, 0.717) is 15.0 Å². The lowest BCUT2D eigenvalue weighted by Crippen LogP contribution is -1.87. The summed E-state index contributed by atoms with van der Waals surface area (Å²) < 4.78 is 13.9. The van der Waals surface area contributed by atoms with E-state index in [-0.39, 0.29) is 5.82 Å². The molecule has 2 rings (SSSR count). The highest BCUT2D eigenvalue weighted by Gasteiger charge is 2.14. The molecule has 0 unspecified atom stereocenters. The fourth-order valence-corrected chi connectivity index (χ4v) is 2.79. The monoisotopic (exact) mass is 310 g/mol. The maximum atomic E-state index is 13.4. The van der Waals surface area contributed by atoms with Gasteiger partial charge in [-0.25, -0.2) is 4.39 Å². The van der Waals surface area contributed by atoms with Crippen molar-refractivity contribution in [3.8, 4) is 16.5 Å². The molecule has 0 saturated carbocycles. The molecule has 2 aromatic rings. The average molecular weight is 311 g/mol. The molecule has 0 radical (unpaired) electrons. The number of nitrogens with zero attached hydrogens (tertiary/aromatic N) is 1. The first kappa shape index (κ1) is 12.1. The van der Waals surface area contributed by atoms with Gasteiger partial charge in [-0.15, -0.1) is 11.3 Å². The number of hydrogen-bond acceptors (Lipinski definition) is 3. The molecule has 2 nitrogen and oxygen atoms in total. The van der Waals surface area contributed by atoms with Crippen LogP contribution in [0.2, 0.25) is 0 Å². The van der Waals surface area contributed by atoms with Gasteiger partial charge in [0.15, 0.2) is 0 Å². The molecule has 0 spiro atoms. The Labute approximate surface area is 111 Å². The van der Waals surface area contributed by atoms with Gasteiger partial charge in [0.05, 0.1) is 10.2 Å². The molecule has 0 atom stereocenters. The van der Waals surface area contributed by atoms with Crippen molar-refractivity contribution < 1.29 is 4.39 Å². The van der Waals surface area contributed by atoms with Crippen LogP contribution in [0.1, 0.15) is 10.4 Å². The summed E-state index contributed by atoms with van der Waals surface area (Å²) in [6.07, 6.45) is 0. The highest BCUT2D eigenvalue weighted by molar-refractivity contribution is 9.10. The number of halogens is 2. The van der Waals surface area contributed by atoms with Gasteiger partial charge in [-0.1, -0.05) is 6.07 Å². The van der Waals surface area contributed by atoms with Crippen molar-refractivity contribution in [1.82, 2.24) is 0 Å². The average Bonchev–Trinajstić information content (AvgIpc) is 2.60. The van der Waals surface area contributed by atoms with E-state index in [1.165, 1.54) is 17.4 Å². The van der Waals surface area contributed by atoms with Gasteiger partial charge in [0.1, 0.15) is 16.8 Å². The Hall–Kier alpha value is -1.38. The molecule has 0 aliphatic heterocycles. The summed E-state index contributed by atoms with van der Waals surface area (Å²) in [4.78, 5) is 1.31. The van der Waals surface area contributed by atoms with E-state index in [4.69, 9.17) is 11.0 Å². The van der Waals surface area contributed by atoms with Gasteiger partial charge in [0, 0.05) is 4.88 Å². The topological polar surface area (TPSA) is 49.8 Å². The zero-order chi connectivity index (χ0) is 12.6. The molecule has 5 heteroatoms. The maximum Gasteiger partial charge on any atom is 0.138 e. The second-order valence-corrected chi connectivity index (χ2v) is 5.41. The number of rotatable bonds is 1. The Morgan fingerprint density at radius 1 is 1.47 bits per heavy atom. The first-order valence-electron chi connectivity index (χ1n) is 4.79. The van der Waals surface area contributed by atoms with Crippen LogP contribution in [0.15, 0.2) is 22.7 Å². The highest BCUT2D eigenvalue weighted by Crippen LogP contribution is 2.38. The SMILES string of the molecule is Cc1c(-c2ccc(Br)c(F)c2)sc(C#N)c1N. The molecule has 1 aromatic heterocycles. The Kier molecular flexibility index (Phi) is 3.18.